The van der Waals surface area contributed by atoms with Crippen LogP contribution in [0.5, 0.6) is 0 Å². The number of hydrogen-bond donors (Lipinski definition) is 1. The molecule has 0 heterocycles. The lowest BCUT2D eigenvalue weighted by atomic mass is 10.1. The summed E-state index contributed by atoms with van der Waals surface area (Å²) in [6.45, 7) is 7.78. The Bertz CT molecular complexity index is 387. The second-order valence-corrected chi connectivity index (χ2v) is 7.15. The van der Waals surface area contributed by atoms with Gasteiger partial charge in [0.05, 0.1) is 15.7 Å². The van der Waals surface area contributed by atoms with Crippen molar-refractivity contribution in [2.75, 3.05) is 0 Å². The molecular weight excluding hydrogens is 242 g/mol. The van der Waals surface area contributed by atoms with Crippen LogP contribution in [-0.4, -0.2) is 8.96 Å². The van der Waals surface area contributed by atoms with E-state index in [-0.39, 0.29) is 10.8 Å². The zero-order valence-electron chi connectivity index (χ0n) is 10.1. The molecule has 2 nitrogen and oxygen atoms in total. The first kappa shape index (κ1) is 13.7. The maximum absolute atomic E-state index is 11.9. The van der Waals surface area contributed by atoms with Crippen molar-refractivity contribution >= 4 is 22.6 Å². The van der Waals surface area contributed by atoms with Crippen LogP contribution >= 0.6 is 11.6 Å². The SMILES string of the molecule is C[C@@H](NS(=O)C(C)(C)C)c1ccccc1Cl. The summed E-state index contributed by atoms with van der Waals surface area (Å²) in [5, 5.41) is 0.702. The molecule has 0 aliphatic heterocycles. The average Bonchev–Trinajstić information content (AvgIpc) is 2.16. The van der Waals surface area contributed by atoms with Gasteiger partial charge in [-0.1, -0.05) is 29.8 Å². The predicted molar refractivity (Wildman–Crippen MR) is 70.9 cm³/mol. The van der Waals surface area contributed by atoms with Crippen molar-refractivity contribution in [1.82, 2.24) is 4.72 Å². The molecule has 1 unspecified atom stereocenters. The van der Waals surface area contributed by atoms with Crippen molar-refractivity contribution in [2.45, 2.75) is 38.5 Å². The van der Waals surface area contributed by atoms with Crippen LogP contribution in [0.2, 0.25) is 5.02 Å². The van der Waals surface area contributed by atoms with E-state index in [1.54, 1.807) is 0 Å². The summed E-state index contributed by atoms with van der Waals surface area (Å²) in [6.07, 6.45) is 0. The summed E-state index contributed by atoms with van der Waals surface area (Å²) in [5.74, 6) is 0. The molecule has 1 N–H and O–H groups in total. The van der Waals surface area contributed by atoms with E-state index >= 15 is 0 Å². The number of nitrogens with one attached hydrogen (secondary N) is 1. The van der Waals surface area contributed by atoms with Gasteiger partial charge in [-0.15, -0.1) is 0 Å². The molecule has 0 aliphatic rings. The molecule has 4 heteroatoms. The molecule has 0 saturated heterocycles. The Morgan fingerprint density at radius 3 is 2.38 bits per heavy atom. The largest absolute Gasteiger partial charge is 0.242 e. The maximum atomic E-state index is 11.9. The summed E-state index contributed by atoms with van der Waals surface area (Å²) in [5.41, 5.74) is 0.974. The topological polar surface area (TPSA) is 29.1 Å². The van der Waals surface area contributed by atoms with Gasteiger partial charge >= 0.3 is 0 Å². The second kappa shape index (κ2) is 5.30. The van der Waals surface area contributed by atoms with E-state index in [1.165, 1.54) is 0 Å². The zero-order chi connectivity index (χ0) is 12.3. The fourth-order valence-corrected chi connectivity index (χ4v) is 2.33. The minimum atomic E-state index is -1.08. The molecule has 16 heavy (non-hydrogen) atoms. The molecule has 0 radical (unpaired) electrons. The monoisotopic (exact) mass is 259 g/mol. The maximum Gasteiger partial charge on any atom is 0.0975 e. The van der Waals surface area contributed by atoms with E-state index in [9.17, 15) is 4.21 Å². The molecule has 0 aromatic heterocycles. The highest BCUT2D eigenvalue weighted by molar-refractivity contribution is 7.84. The van der Waals surface area contributed by atoms with Gasteiger partial charge in [-0.3, -0.25) is 0 Å². The molecule has 0 spiro atoms. The van der Waals surface area contributed by atoms with E-state index in [2.05, 4.69) is 4.72 Å². The average molecular weight is 260 g/mol. The fraction of sp³-hybridized carbons (Fsp3) is 0.500. The number of benzene rings is 1. The lowest BCUT2D eigenvalue weighted by Gasteiger charge is -2.22. The molecule has 0 bridgehead atoms. The molecule has 1 aromatic rings. The molecule has 0 aliphatic carbocycles. The van der Waals surface area contributed by atoms with Crippen LogP contribution < -0.4 is 4.72 Å². The van der Waals surface area contributed by atoms with Gasteiger partial charge < -0.3 is 0 Å². The molecule has 0 saturated carbocycles. The summed E-state index contributed by atoms with van der Waals surface area (Å²) in [7, 11) is -1.08. The van der Waals surface area contributed by atoms with Gasteiger partial charge in [0.25, 0.3) is 0 Å². The van der Waals surface area contributed by atoms with Crippen LogP contribution in [0.1, 0.15) is 39.3 Å². The van der Waals surface area contributed by atoms with E-state index < -0.39 is 11.0 Å². The highest BCUT2D eigenvalue weighted by Crippen LogP contribution is 2.23. The molecule has 90 valence electrons. The van der Waals surface area contributed by atoms with Crippen molar-refractivity contribution in [1.29, 1.82) is 0 Å². The van der Waals surface area contributed by atoms with Crippen molar-refractivity contribution in [3.05, 3.63) is 34.9 Å². The van der Waals surface area contributed by atoms with Crippen molar-refractivity contribution in [2.24, 2.45) is 0 Å². The van der Waals surface area contributed by atoms with Gasteiger partial charge in [0.15, 0.2) is 0 Å². The van der Waals surface area contributed by atoms with Crippen LogP contribution in [0.3, 0.4) is 0 Å². The molecule has 2 atom stereocenters. The first-order valence-corrected chi connectivity index (χ1v) is 6.77. The third kappa shape index (κ3) is 3.58. The van der Waals surface area contributed by atoms with E-state index in [4.69, 9.17) is 11.6 Å². The Labute approximate surface area is 105 Å². The number of halogens is 1. The Kier molecular flexibility index (Phi) is 4.53. The van der Waals surface area contributed by atoms with Crippen molar-refractivity contribution in [3.63, 3.8) is 0 Å². The highest BCUT2D eigenvalue weighted by Gasteiger charge is 2.22. The third-order valence-corrected chi connectivity index (χ3v) is 4.24. The lowest BCUT2D eigenvalue weighted by molar-refractivity contribution is 0.616. The van der Waals surface area contributed by atoms with E-state index in [0.29, 0.717) is 5.02 Å². The highest BCUT2D eigenvalue weighted by atomic mass is 35.5. The standard InChI is InChI=1S/C12H18ClNOS/c1-9(14-16(15)12(2,3)4)10-7-5-6-8-11(10)13/h5-9,14H,1-4H3/t9-,16?/m1/s1. The van der Waals surface area contributed by atoms with Gasteiger partial charge in [0.2, 0.25) is 0 Å². The van der Waals surface area contributed by atoms with Crippen LogP contribution in [-0.2, 0) is 11.0 Å². The minimum Gasteiger partial charge on any atom is -0.242 e. The summed E-state index contributed by atoms with van der Waals surface area (Å²) < 4.78 is 14.7. The van der Waals surface area contributed by atoms with E-state index in [1.807, 2.05) is 52.0 Å². The first-order chi connectivity index (χ1) is 7.32. The summed E-state index contributed by atoms with van der Waals surface area (Å²) in [6, 6.07) is 7.59. The minimum absolute atomic E-state index is 0.0197. The number of rotatable bonds is 3. The van der Waals surface area contributed by atoms with Gasteiger partial charge in [-0.05, 0) is 39.3 Å². The first-order valence-electron chi connectivity index (χ1n) is 5.25. The lowest BCUT2D eigenvalue weighted by Crippen LogP contribution is -2.34. The molecule has 1 rings (SSSR count). The summed E-state index contributed by atoms with van der Waals surface area (Å²) in [4.78, 5) is 0. The van der Waals surface area contributed by atoms with Crippen LogP contribution in [0, 0.1) is 0 Å². The van der Waals surface area contributed by atoms with E-state index in [0.717, 1.165) is 5.56 Å². The van der Waals surface area contributed by atoms with Crippen molar-refractivity contribution < 1.29 is 4.21 Å². The Balaban J connectivity index is 2.78. The Morgan fingerprint density at radius 2 is 1.88 bits per heavy atom. The van der Waals surface area contributed by atoms with Gasteiger partial charge in [-0.2, -0.15) is 0 Å². The normalized spacial score (nSPS) is 15.8. The van der Waals surface area contributed by atoms with Crippen LogP contribution in [0.25, 0.3) is 0 Å². The summed E-state index contributed by atoms with van der Waals surface area (Å²) >= 11 is 6.08. The smallest absolute Gasteiger partial charge is 0.0975 e. The molecular formula is C12H18ClNOS. The fourth-order valence-electron chi connectivity index (χ4n) is 1.23. The zero-order valence-corrected chi connectivity index (χ0v) is 11.7. The molecule has 0 fully saturated rings. The number of hydrogen-bond acceptors (Lipinski definition) is 1. The van der Waals surface area contributed by atoms with Gasteiger partial charge in [-0.25, -0.2) is 8.93 Å². The van der Waals surface area contributed by atoms with Crippen molar-refractivity contribution in [3.8, 4) is 0 Å². The van der Waals surface area contributed by atoms with Gasteiger partial charge in [0.1, 0.15) is 0 Å². The molecule has 1 aromatic carbocycles. The van der Waals surface area contributed by atoms with Gasteiger partial charge in [0, 0.05) is 11.1 Å². The van der Waals surface area contributed by atoms with Crippen LogP contribution in [0.4, 0.5) is 0 Å². The Hall–Kier alpha value is -0.380. The van der Waals surface area contributed by atoms with Crippen LogP contribution in [0.15, 0.2) is 24.3 Å². The quantitative estimate of drug-likeness (QED) is 0.885. The third-order valence-electron chi connectivity index (χ3n) is 2.21. The Morgan fingerprint density at radius 1 is 1.31 bits per heavy atom. The molecule has 0 amide bonds. The second-order valence-electron chi connectivity index (χ2n) is 4.74. The predicted octanol–water partition coefficient (Wildman–Crippen LogP) is 3.45.